The van der Waals surface area contributed by atoms with Crippen molar-refractivity contribution in [2.75, 3.05) is 26.2 Å². The van der Waals surface area contributed by atoms with E-state index < -0.39 is 0 Å². The van der Waals surface area contributed by atoms with Crippen LogP contribution in [0.2, 0.25) is 0 Å². The van der Waals surface area contributed by atoms with Crippen LogP contribution in [0, 0.1) is 6.92 Å². The number of pyridine rings is 1. The van der Waals surface area contributed by atoms with Crippen LogP contribution in [0.4, 0.5) is 0 Å². The Labute approximate surface area is 165 Å². The largest absolute Gasteiger partial charge is 0.337 e. The fourth-order valence-electron chi connectivity index (χ4n) is 3.50. The summed E-state index contributed by atoms with van der Waals surface area (Å²) in [7, 11) is 0. The van der Waals surface area contributed by atoms with E-state index in [0.29, 0.717) is 49.4 Å². The third-order valence-corrected chi connectivity index (χ3v) is 5.66. The molecule has 28 heavy (non-hydrogen) atoms. The van der Waals surface area contributed by atoms with Crippen molar-refractivity contribution in [2.45, 2.75) is 13.3 Å². The van der Waals surface area contributed by atoms with E-state index in [4.69, 9.17) is 0 Å². The minimum absolute atomic E-state index is 0.0970. The molecule has 144 valence electrons. The molecule has 1 aliphatic rings. The Morgan fingerprint density at radius 2 is 1.79 bits per heavy atom. The van der Waals surface area contributed by atoms with E-state index in [1.54, 1.807) is 21.2 Å². The Morgan fingerprint density at radius 1 is 1.07 bits per heavy atom. The minimum Gasteiger partial charge on any atom is -0.337 e. The molecule has 0 unspecified atom stereocenters. The number of amides is 2. The Balaban J connectivity index is 1.54. The molecule has 1 aliphatic heterocycles. The number of nitrogens with zero attached hydrogens (tertiary/aromatic N) is 3. The number of aromatic amines is 1. The van der Waals surface area contributed by atoms with Crippen LogP contribution in [0.5, 0.6) is 0 Å². The van der Waals surface area contributed by atoms with Gasteiger partial charge in [0.15, 0.2) is 0 Å². The summed E-state index contributed by atoms with van der Waals surface area (Å²) in [6.45, 7) is 3.86. The first-order valence-corrected chi connectivity index (χ1v) is 10.0. The molecular weight excluding hydrogens is 376 g/mol. The zero-order valence-corrected chi connectivity index (χ0v) is 16.3. The van der Waals surface area contributed by atoms with Crippen LogP contribution in [0.3, 0.4) is 0 Å². The van der Waals surface area contributed by atoms with Crippen LogP contribution < -0.4 is 5.56 Å². The number of H-pyrrole nitrogens is 1. The molecule has 8 heteroatoms. The third kappa shape index (κ3) is 3.55. The molecule has 7 nitrogen and oxygen atoms in total. The molecule has 0 aliphatic carbocycles. The maximum atomic E-state index is 13.1. The van der Waals surface area contributed by atoms with Crippen molar-refractivity contribution in [3.63, 3.8) is 0 Å². The molecule has 0 saturated carbocycles. The molecular formula is C20H20N4O3S. The van der Waals surface area contributed by atoms with Crippen LogP contribution in [0.25, 0.3) is 10.9 Å². The number of thiazole rings is 1. The Hall–Kier alpha value is -3.00. The lowest BCUT2D eigenvalue weighted by molar-refractivity contribution is 0.0717. The molecule has 1 fully saturated rings. The van der Waals surface area contributed by atoms with Crippen molar-refractivity contribution in [1.82, 2.24) is 19.8 Å². The Kier molecular flexibility index (Phi) is 4.95. The lowest BCUT2D eigenvalue weighted by Crippen LogP contribution is -2.37. The van der Waals surface area contributed by atoms with Gasteiger partial charge in [-0.15, -0.1) is 11.3 Å². The fraction of sp³-hybridized carbons (Fsp3) is 0.300. The van der Waals surface area contributed by atoms with E-state index in [-0.39, 0.29) is 17.4 Å². The van der Waals surface area contributed by atoms with E-state index in [2.05, 4.69) is 9.97 Å². The highest BCUT2D eigenvalue weighted by molar-refractivity contribution is 7.09. The van der Waals surface area contributed by atoms with Gasteiger partial charge in [0.05, 0.1) is 10.6 Å². The molecule has 0 spiro atoms. The van der Waals surface area contributed by atoms with E-state index >= 15 is 0 Å². The zero-order valence-electron chi connectivity index (χ0n) is 15.5. The number of aromatic nitrogens is 2. The number of carbonyl (C=O) groups excluding carboxylic acids is 2. The summed E-state index contributed by atoms with van der Waals surface area (Å²) in [6, 6.07) is 8.64. The standard InChI is InChI=1S/C20H20N4O3S/c1-13-21-17(12-28-13)20(27)24-8-4-7-23(9-10-24)19(26)15-11-18(25)22-16-6-3-2-5-14(15)16/h2-3,5-6,11-12H,4,7-10H2,1H3,(H,22,25). The van der Waals surface area contributed by atoms with Crippen molar-refractivity contribution >= 4 is 34.1 Å². The minimum atomic E-state index is -0.299. The number of para-hydroxylation sites is 1. The lowest BCUT2D eigenvalue weighted by Gasteiger charge is -2.22. The predicted octanol–water partition coefficient (Wildman–Crippen LogP) is 2.28. The van der Waals surface area contributed by atoms with Crippen molar-refractivity contribution in [3.05, 3.63) is 62.3 Å². The highest BCUT2D eigenvalue weighted by atomic mass is 32.1. The number of carbonyl (C=O) groups is 2. The number of hydrogen-bond donors (Lipinski definition) is 1. The summed E-state index contributed by atoms with van der Waals surface area (Å²) in [5, 5.41) is 3.35. The van der Waals surface area contributed by atoms with Crippen LogP contribution in [-0.2, 0) is 0 Å². The Bertz CT molecular complexity index is 1100. The van der Waals surface area contributed by atoms with Gasteiger partial charge < -0.3 is 14.8 Å². The molecule has 1 N–H and O–H groups in total. The molecule has 2 amide bonds. The number of hydrogen-bond acceptors (Lipinski definition) is 5. The highest BCUT2D eigenvalue weighted by Gasteiger charge is 2.25. The van der Waals surface area contributed by atoms with Crippen LogP contribution in [0.1, 0.15) is 32.3 Å². The number of aryl methyl sites for hydroxylation is 1. The number of rotatable bonds is 2. The molecule has 3 heterocycles. The highest BCUT2D eigenvalue weighted by Crippen LogP contribution is 2.18. The smallest absolute Gasteiger partial charge is 0.273 e. The molecule has 0 bridgehead atoms. The molecule has 0 atom stereocenters. The average Bonchev–Trinajstić information content (AvgIpc) is 2.98. The summed E-state index contributed by atoms with van der Waals surface area (Å²) >= 11 is 1.45. The van der Waals surface area contributed by atoms with Gasteiger partial charge in [0.2, 0.25) is 5.56 Å². The van der Waals surface area contributed by atoms with Gasteiger partial charge in [-0.3, -0.25) is 14.4 Å². The molecule has 0 radical (unpaired) electrons. The summed E-state index contributed by atoms with van der Waals surface area (Å²) in [4.78, 5) is 48.3. The summed E-state index contributed by atoms with van der Waals surface area (Å²) in [6.07, 6.45) is 0.682. The lowest BCUT2D eigenvalue weighted by atomic mass is 10.1. The normalized spacial score (nSPS) is 14.9. The quantitative estimate of drug-likeness (QED) is 0.720. The van der Waals surface area contributed by atoms with Gasteiger partial charge in [0.25, 0.3) is 11.8 Å². The van der Waals surface area contributed by atoms with Gasteiger partial charge >= 0.3 is 0 Å². The molecule has 1 saturated heterocycles. The monoisotopic (exact) mass is 396 g/mol. The van der Waals surface area contributed by atoms with Gasteiger partial charge in [0.1, 0.15) is 5.69 Å². The summed E-state index contributed by atoms with van der Waals surface area (Å²) < 4.78 is 0. The second kappa shape index (κ2) is 7.55. The van der Waals surface area contributed by atoms with E-state index in [0.717, 1.165) is 10.4 Å². The molecule has 3 aromatic rings. The SMILES string of the molecule is Cc1nc(C(=O)N2CCCN(C(=O)c3cc(=O)[nH]c4ccccc34)CC2)cs1. The first-order chi connectivity index (χ1) is 13.5. The second-order valence-electron chi connectivity index (χ2n) is 6.78. The summed E-state index contributed by atoms with van der Waals surface area (Å²) in [5.74, 6) is -0.277. The maximum absolute atomic E-state index is 13.1. The van der Waals surface area contributed by atoms with Gasteiger partial charge in [-0.25, -0.2) is 4.98 Å². The number of fused-ring (bicyclic) bond motifs is 1. The zero-order chi connectivity index (χ0) is 19.7. The first-order valence-electron chi connectivity index (χ1n) is 9.15. The number of benzene rings is 1. The molecule has 2 aromatic heterocycles. The van der Waals surface area contributed by atoms with Crippen molar-refractivity contribution in [1.29, 1.82) is 0 Å². The number of nitrogens with one attached hydrogen (secondary N) is 1. The third-order valence-electron chi connectivity index (χ3n) is 4.89. The van der Waals surface area contributed by atoms with E-state index in [1.165, 1.54) is 17.4 Å². The summed E-state index contributed by atoms with van der Waals surface area (Å²) in [5.41, 5.74) is 1.20. The van der Waals surface area contributed by atoms with E-state index in [1.807, 2.05) is 25.1 Å². The molecule has 4 rings (SSSR count). The van der Waals surface area contributed by atoms with Crippen LogP contribution >= 0.6 is 11.3 Å². The van der Waals surface area contributed by atoms with Gasteiger partial charge in [-0.1, -0.05) is 18.2 Å². The Morgan fingerprint density at radius 3 is 2.50 bits per heavy atom. The van der Waals surface area contributed by atoms with Gasteiger partial charge in [-0.05, 0) is 19.4 Å². The second-order valence-corrected chi connectivity index (χ2v) is 7.84. The van der Waals surface area contributed by atoms with Crippen molar-refractivity contribution in [2.24, 2.45) is 0 Å². The first kappa shape index (κ1) is 18.4. The average molecular weight is 396 g/mol. The fourth-order valence-corrected chi connectivity index (χ4v) is 4.09. The van der Waals surface area contributed by atoms with Crippen molar-refractivity contribution in [3.8, 4) is 0 Å². The topological polar surface area (TPSA) is 86.4 Å². The predicted molar refractivity (Wildman–Crippen MR) is 108 cm³/mol. The van der Waals surface area contributed by atoms with Gasteiger partial charge in [-0.2, -0.15) is 0 Å². The van der Waals surface area contributed by atoms with Crippen molar-refractivity contribution < 1.29 is 9.59 Å². The van der Waals surface area contributed by atoms with Crippen LogP contribution in [0.15, 0.2) is 40.5 Å². The van der Waals surface area contributed by atoms with Gasteiger partial charge in [0, 0.05) is 48.5 Å². The van der Waals surface area contributed by atoms with Crippen LogP contribution in [-0.4, -0.2) is 57.8 Å². The van der Waals surface area contributed by atoms with E-state index in [9.17, 15) is 14.4 Å². The maximum Gasteiger partial charge on any atom is 0.273 e. The molecule has 1 aromatic carbocycles.